The number of rotatable bonds is 2. The second-order valence-electron chi connectivity index (χ2n) is 4.11. The lowest BCUT2D eigenvalue weighted by molar-refractivity contribution is 0.0697. The van der Waals surface area contributed by atoms with Crippen molar-refractivity contribution in [1.82, 2.24) is 4.98 Å². The molecule has 3 aromatic rings. The second-order valence-corrected chi connectivity index (χ2v) is 4.52. The van der Waals surface area contributed by atoms with Crippen molar-refractivity contribution in [3.63, 3.8) is 0 Å². The summed E-state index contributed by atoms with van der Waals surface area (Å²) < 4.78 is 19.3. The first-order valence-electron chi connectivity index (χ1n) is 5.64. The van der Waals surface area contributed by atoms with Crippen LogP contribution in [0.2, 0.25) is 5.02 Å². The van der Waals surface area contributed by atoms with Gasteiger partial charge in [-0.3, -0.25) is 0 Å². The number of carboxylic acids is 1. The van der Waals surface area contributed by atoms with E-state index in [1.807, 2.05) is 0 Å². The van der Waals surface area contributed by atoms with E-state index in [-0.39, 0.29) is 27.6 Å². The molecule has 2 aromatic carbocycles. The Labute approximate surface area is 117 Å². The number of carbonyl (C=O) groups is 1. The van der Waals surface area contributed by atoms with Crippen LogP contribution in [0.15, 0.2) is 40.8 Å². The predicted molar refractivity (Wildman–Crippen MR) is 71.4 cm³/mol. The minimum atomic E-state index is -1.07. The molecule has 0 saturated heterocycles. The lowest BCUT2D eigenvalue weighted by atomic mass is 10.2. The van der Waals surface area contributed by atoms with Crippen LogP contribution in [-0.4, -0.2) is 16.1 Å². The molecule has 0 saturated carbocycles. The van der Waals surface area contributed by atoms with Gasteiger partial charge in [0.05, 0.1) is 16.1 Å². The van der Waals surface area contributed by atoms with Gasteiger partial charge < -0.3 is 9.52 Å². The van der Waals surface area contributed by atoms with E-state index in [1.54, 1.807) is 6.07 Å². The first kappa shape index (κ1) is 12.6. The van der Waals surface area contributed by atoms with Crippen LogP contribution in [0.4, 0.5) is 4.39 Å². The van der Waals surface area contributed by atoms with E-state index >= 15 is 0 Å². The highest BCUT2D eigenvalue weighted by atomic mass is 35.5. The average Bonchev–Trinajstić information content (AvgIpc) is 2.84. The Morgan fingerprint density at radius 2 is 2.10 bits per heavy atom. The van der Waals surface area contributed by atoms with E-state index < -0.39 is 11.8 Å². The van der Waals surface area contributed by atoms with Crippen molar-refractivity contribution < 1.29 is 18.7 Å². The molecular formula is C14H7ClFNO3. The van der Waals surface area contributed by atoms with Gasteiger partial charge in [0.25, 0.3) is 0 Å². The Morgan fingerprint density at radius 3 is 2.85 bits per heavy atom. The van der Waals surface area contributed by atoms with Crippen LogP contribution in [-0.2, 0) is 0 Å². The number of hydrogen-bond donors (Lipinski definition) is 1. The van der Waals surface area contributed by atoms with E-state index in [0.717, 1.165) is 0 Å². The van der Waals surface area contributed by atoms with Gasteiger partial charge in [-0.05, 0) is 30.3 Å². The van der Waals surface area contributed by atoms with Gasteiger partial charge in [-0.15, -0.1) is 0 Å². The minimum Gasteiger partial charge on any atom is -0.478 e. The molecule has 0 radical (unpaired) electrons. The summed E-state index contributed by atoms with van der Waals surface area (Å²) in [6, 6.07) is 8.75. The van der Waals surface area contributed by atoms with Crippen LogP contribution in [0, 0.1) is 5.82 Å². The summed E-state index contributed by atoms with van der Waals surface area (Å²) >= 11 is 5.71. The number of halogens is 2. The van der Waals surface area contributed by atoms with Crippen molar-refractivity contribution in [2.24, 2.45) is 0 Å². The summed E-state index contributed by atoms with van der Waals surface area (Å²) in [5.41, 5.74) is 0.931. The molecule has 0 spiro atoms. The van der Waals surface area contributed by atoms with E-state index in [2.05, 4.69) is 4.98 Å². The van der Waals surface area contributed by atoms with Gasteiger partial charge in [0.15, 0.2) is 11.4 Å². The lowest BCUT2D eigenvalue weighted by Crippen LogP contribution is -1.94. The Morgan fingerprint density at radius 1 is 1.30 bits per heavy atom. The van der Waals surface area contributed by atoms with Crippen molar-refractivity contribution in [3.8, 4) is 11.5 Å². The molecule has 6 heteroatoms. The smallest absolute Gasteiger partial charge is 0.335 e. The highest BCUT2D eigenvalue weighted by molar-refractivity contribution is 6.31. The van der Waals surface area contributed by atoms with Crippen LogP contribution < -0.4 is 0 Å². The fourth-order valence-corrected chi connectivity index (χ4v) is 2.02. The zero-order valence-corrected chi connectivity index (χ0v) is 10.7. The molecule has 0 aliphatic carbocycles. The molecule has 0 aliphatic rings. The van der Waals surface area contributed by atoms with Crippen molar-refractivity contribution in [3.05, 3.63) is 52.8 Å². The normalized spacial score (nSPS) is 10.9. The minimum absolute atomic E-state index is 0.0315. The third-order valence-corrected chi connectivity index (χ3v) is 3.11. The van der Waals surface area contributed by atoms with Crippen LogP contribution in [0.25, 0.3) is 22.6 Å². The Bertz CT molecular complexity index is 828. The summed E-state index contributed by atoms with van der Waals surface area (Å²) in [6.07, 6.45) is 0. The molecule has 1 aromatic heterocycles. The maximum atomic E-state index is 13.9. The maximum absolute atomic E-state index is 13.9. The molecule has 0 bridgehead atoms. The number of carboxylic acid groups (broad SMARTS) is 1. The Balaban J connectivity index is 2.18. The van der Waals surface area contributed by atoms with Gasteiger partial charge >= 0.3 is 5.97 Å². The van der Waals surface area contributed by atoms with Gasteiger partial charge in [-0.1, -0.05) is 17.7 Å². The van der Waals surface area contributed by atoms with Gasteiger partial charge in [0, 0.05) is 0 Å². The molecule has 0 amide bonds. The number of aromatic carboxylic acids is 1. The molecule has 0 aliphatic heterocycles. The fraction of sp³-hybridized carbons (Fsp3) is 0. The van der Waals surface area contributed by atoms with E-state index in [1.165, 1.54) is 30.3 Å². The standard InChI is InChI=1S/C14H7ClFNO3/c15-9-3-1-2-8(12(9)16)13-17-10-5-4-7(14(18)19)6-11(10)20-13/h1-6H,(H,18,19). The number of aromatic nitrogens is 1. The number of hydrogen-bond acceptors (Lipinski definition) is 3. The Hall–Kier alpha value is -2.40. The van der Waals surface area contributed by atoms with E-state index in [0.29, 0.717) is 5.52 Å². The molecule has 3 rings (SSSR count). The molecule has 4 nitrogen and oxygen atoms in total. The highest BCUT2D eigenvalue weighted by Gasteiger charge is 2.15. The van der Waals surface area contributed by atoms with Gasteiger partial charge in [0.2, 0.25) is 5.89 Å². The molecule has 20 heavy (non-hydrogen) atoms. The van der Waals surface area contributed by atoms with E-state index in [4.69, 9.17) is 21.1 Å². The zero-order valence-electron chi connectivity index (χ0n) is 9.93. The summed E-state index contributed by atoms with van der Waals surface area (Å²) in [5.74, 6) is -1.64. The molecule has 0 unspecified atom stereocenters. The van der Waals surface area contributed by atoms with Gasteiger partial charge in [-0.2, -0.15) is 0 Å². The van der Waals surface area contributed by atoms with Crippen molar-refractivity contribution >= 4 is 28.7 Å². The van der Waals surface area contributed by atoms with E-state index in [9.17, 15) is 9.18 Å². The summed E-state index contributed by atoms with van der Waals surface area (Å²) in [6.45, 7) is 0. The molecule has 0 atom stereocenters. The predicted octanol–water partition coefficient (Wildman–Crippen LogP) is 3.99. The topological polar surface area (TPSA) is 63.3 Å². The fourth-order valence-electron chi connectivity index (χ4n) is 1.84. The quantitative estimate of drug-likeness (QED) is 0.775. The first-order chi connectivity index (χ1) is 9.56. The average molecular weight is 292 g/mol. The van der Waals surface area contributed by atoms with Gasteiger partial charge in [0.1, 0.15) is 5.52 Å². The van der Waals surface area contributed by atoms with Crippen LogP contribution in [0.5, 0.6) is 0 Å². The summed E-state index contributed by atoms with van der Waals surface area (Å²) in [7, 11) is 0. The zero-order chi connectivity index (χ0) is 14.3. The van der Waals surface area contributed by atoms with Crippen LogP contribution >= 0.6 is 11.6 Å². The van der Waals surface area contributed by atoms with Crippen molar-refractivity contribution in [2.75, 3.05) is 0 Å². The number of oxazole rings is 1. The Kier molecular flexibility index (Phi) is 2.91. The first-order valence-corrected chi connectivity index (χ1v) is 6.02. The lowest BCUT2D eigenvalue weighted by Gasteiger charge is -1.98. The summed E-state index contributed by atoms with van der Waals surface area (Å²) in [5, 5.41) is 8.88. The third-order valence-electron chi connectivity index (χ3n) is 2.82. The molecule has 1 N–H and O–H groups in total. The van der Waals surface area contributed by atoms with Crippen LogP contribution in [0.1, 0.15) is 10.4 Å². The number of nitrogens with zero attached hydrogens (tertiary/aromatic N) is 1. The summed E-state index contributed by atoms with van der Waals surface area (Å²) in [4.78, 5) is 15.0. The van der Waals surface area contributed by atoms with Crippen molar-refractivity contribution in [2.45, 2.75) is 0 Å². The molecule has 0 fully saturated rings. The second kappa shape index (κ2) is 4.61. The van der Waals surface area contributed by atoms with Crippen molar-refractivity contribution in [1.29, 1.82) is 0 Å². The molecule has 100 valence electrons. The largest absolute Gasteiger partial charge is 0.478 e. The maximum Gasteiger partial charge on any atom is 0.335 e. The number of fused-ring (bicyclic) bond motifs is 1. The third kappa shape index (κ3) is 2.02. The monoisotopic (exact) mass is 291 g/mol. The van der Waals surface area contributed by atoms with Gasteiger partial charge in [-0.25, -0.2) is 14.2 Å². The molecular weight excluding hydrogens is 285 g/mol. The highest BCUT2D eigenvalue weighted by Crippen LogP contribution is 2.29. The molecule has 1 heterocycles. The SMILES string of the molecule is O=C(O)c1ccc2nc(-c3cccc(Cl)c3F)oc2c1. The number of benzene rings is 2. The van der Waals surface area contributed by atoms with Crippen LogP contribution in [0.3, 0.4) is 0 Å².